The van der Waals surface area contributed by atoms with E-state index in [9.17, 15) is 4.79 Å². The Morgan fingerprint density at radius 3 is 2.50 bits per heavy atom. The van der Waals surface area contributed by atoms with Gasteiger partial charge < -0.3 is 4.74 Å². The first-order chi connectivity index (χ1) is 16.4. The van der Waals surface area contributed by atoms with Crippen LogP contribution in [0.3, 0.4) is 0 Å². The van der Waals surface area contributed by atoms with E-state index in [0.29, 0.717) is 40.0 Å². The highest BCUT2D eigenvalue weighted by Gasteiger charge is 2.19. The lowest BCUT2D eigenvalue weighted by atomic mass is 10.1. The quantitative estimate of drug-likeness (QED) is 0.330. The second kappa shape index (κ2) is 8.80. The summed E-state index contributed by atoms with van der Waals surface area (Å²) in [7, 11) is 0. The third-order valence-corrected chi connectivity index (χ3v) is 6.06. The van der Waals surface area contributed by atoms with Crippen molar-refractivity contribution in [2.75, 3.05) is 0 Å². The number of aromatic nitrogens is 4. The van der Waals surface area contributed by atoms with Crippen LogP contribution in [-0.4, -0.2) is 19.2 Å². The van der Waals surface area contributed by atoms with Crippen LogP contribution >= 0.6 is 11.6 Å². The Kier molecular flexibility index (Phi) is 5.67. The minimum atomic E-state index is -0.202. The van der Waals surface area contributed by atoms with Gasteiger partial charge in [-0.15, -0.1) is 0 Å². The normalized spacial score (nSPS) is 11.2. The second-order valence-corrected chi connectivity index (χ2v) is 8.66. The van der Waals surface area contributed by atoms with Gasteiger partial charge in [-0.2, -0.15) is 5.10 Å². The molecule has 6 nitrogen and oxygen atoms in total. The third-order valence-electron chi connectivity index (χ3n) is 5.74. The van der Waals surface area contributed by atoms with E-state index in [1.165, 1.54) is 9.96 Å². The molecule has 0 fully saturated rings. The molecule has 0 unspecified atom stereocenters. The molecule has 5 aromatic rings. The van der Waals surface area contributed by atoms with Crippen LogP contribution in [0.4, 0.5) is 0 Å². The molecule has 0 aliphatic rings. The Labute approximate surface area is 202 Å². The Hall–Kier alpha value is -3.90. The number of pyridine rings is 1. The Morgan fingerprint density at radius 1 is 0.971 bits per heavy atom. The first kappa shape index (κ1) is 21.9. The van der Waals surface area contributed by atoms with Gasteiger partial charge in [0.2, 0.25) is 0 Å². The third kappa shape index (κ3) is 3.97. The van der Waals surface area contributed by atoms with E-state index < -0.39 is 0 Å². The van der Waals surface area contributed by atoms with Crippen molar-refractivity contribution in [2.45, 2.75) is 27.4 Å². The number of ether oxygens (including phenoxy) is 1. The summed E-state index contributed by atoms with van der Waals surface area (Å²) < 4.78 is 9.29. The topological polar surface area (TPSA) is 61.4 Å². The standard InChI is InChI=1S/C27H23ClN4O2/c1-17-10-12-20(13-11-17)16-34-24-9-6-14-31-26(24)29-19(3)25(27(31)33)22-15-18(2)32(30-22)23-8-5-4-7-21(23)28/h4-15H,16H2,1-3H3. The molecule has 34 heavy (non-hydrogen) atoms. The minimum Gasteiger partial charge on any atom is -0.485 e. The van der Waals surface area contributed by atoms with E-state index >= 15 is 0 Å². The predicted molar refractivity (Wildman–Crippen MR) is 134 cm³/mol. The monoisotopic (exact) mass is 470 g/mol. The van der Waals surface area contributed by atoms with Crippen LogP contribution in [0.15, 0.2) is 77.7 Å². The molecular weight excluding hydrogens is 448 g/mol. The number of hydrogen-bond acceptors (Lipinski definition) is 4. The maximum absolute atomic E-state index is 13.5. The average molecular weight is 471 g/mol. The summed E-state index contributed by atoms with van der Waals surface area (Å²) in [5.74, 6) is 0.549. The molecule has 0 bridgehead atoms. The van der Waals surface area contributed by atoms with E-state index in [1.807, 2.05) is 81.4 Å². The fraction of sp³-hybridized carbons (Fsp3) is 0.148. The first-order valence-electron chi connectivity index (χ1n) is 10.9. The van der Waals surface area contributed by atoms with Gasteiger partial charge in [0.05, 0.1) is 22.0 Å². The van der Waals surface area contributed by atoms with Crippen molar-refractivity contribution in [3.05, 3.63) is 111 Å². The second-order valence-electron chi connectivity index (χ2n) is 8.25. The fourth-order valence-corrected chi connectivity index (χ4v) is 4.18. The number of nitrogens with zero attached hydrogens (tertiary/aromatic N) is 4. The summed E-state index contributed by atoms with van der Waals surface area (Å²) in [5, 5.41) is 5.28. The molecule has 3 heterocycles. The van der Waals surface area contributed by atoms with Gasteiger partial charge in [0.1, 0.15) is 12.3 Å². The smallest absolute Gasteiger partial charge is 0.267 e. The van der Waals surface area contributed by atoms with Gasteiger partial charge in [0.15, 0.2) is 11.4 Å². The van der Waals surface area contributed by atoms with E-state index in [2.05, 4.69) is 0 Å². The molecule has 170 valence electrons. The Balaban J connectivity index is 1.55. The highest BCUT2D eigenvalue weighted by atomic mass is 35.5. The largest absolute Gasteiger partial charge is 0.485 e. The van der Waals surface area contributed by atoms with Crippen molar-refractivity contribution in [3.8, 4) is 22.7 Å². The van der Waals surface area contributed by atoms with Crippen molar-refractivity contribution in [3.63, 3.8) is 0 Å². The zero-order valence-corrected chi connectivity index (χ0v) is 19.9. The molecule has 0 spiro atoms. The van der Waals surface area contributed by atoms with Crippen LogP contribution < -0.4 is 10.3 Å². The molecule has 0 aliphatic carbocycles. The lowest BCUT2D eigenvalue weighted by Crippen LogP contribution is -2.19. The van der Waals surface area contributed by atoms with Crippen molar-refractivity contribution in [1.29, 1.82) is 0 Å². The van der Waals surface area contributed by atoms with E-state index in [1.54, 1.807) is 16.9 Å². The molecule has 0 saturated heterocycles. The van der Waals surface area contributed by atoms with E-state index in [4.69, 9.17) is 26.4 Å². The van der Waals surface area contributed by atoms with Crippen LogP contribution in [0.2, 0.25) is 5.02 Å². The number of halogens is 1. The molecule has 0 atom stereocenters. The summed E-state index contributed by atoms with van der Waals surface area (Å²) >= 11 is 6.37. The number of hydrogen-bond donors (Lipinski definition) is 0. The molecule has 0 N–H and O–H groups in total. The summed E-state index contributed by atoms with van der Waals surface area (Å²) in [6.45, 7) is 6.18. The number of para-hydroxylation sites is 1. The molecule has 3 aromatic heterocycles. The first-order valence-corrected chi connectivity index (χ1v) is 11.3. The molecule has 2 aromatic carbocycles. The summed E-state index contributed by atoms with van der Waals surface area (Å²) in [6.07, 6.45) is 1.70. The van der Waals surface area contributed by atoms with Gasteiger partial charge in [-0.3, -0.25) is 9.20 Å². The molecule has 7 heteroatoms. The van der Waals surface area contributed by atoms with Crippen LogP contribution in [-0.2, 0) is 6.61 Å². The van der Waals surface area contributed by atoms with Gasteiger partial charge in [-0.25, -0.2) is 9.67 Å². The molecular formula is C27H23ClN4O2. The summed E-state index contributed by atoms with van der Waals surface area (Å²) in [4.78, 5) is 18.3. The van der Waals surface area contributed by atoms with Gasteiger partial charge in [-0.05, 0) is 56.7 Å². The Morgan fingerprint density at radius 2 is 1.74 bits per heavy atom. The highest BCUT2D eigenvalue weighted by Crippen LogP contribution is 2.26. The number of rotatable bonds is 5. The van der Waals surface area contributed by atoms with Crippen molar-refractivity contribution in [2.24, 2.45) is 0 Å². The van der Waals surface area contributed by atoms with Gasteiger partial charge in [0, 0.05) is 11.9 Å². The van der Waals surface area contributed by atoms with Gasteiger partial charge in [-0.1, -0.05) is 53.6 Å². The van der Waals surface area contributed by atoms with Gasteiger partial charge >= 0.3 is 0 Å². The van der Waals surface area contributed by atoms with Crippen LogP contribution in [0, 0.1) is 20.8 Å². The van der Waals surface area contributed by atoms with Crippen molar-refractivity contribution in [1.82, 2.24) is 19.2 Å². The molecule has 5 rings (SSSR count). The lowest BCUT2D eigenvalue weighted by Gasteiger charge is -2.12. The van der Waals surface area contributed by atoms with Crippen LogP contribution in [0.25, 0.3) is 22.6 Å². The van der Waals surface area contributed by atoms with Crippen molar-refractivity contribution < 1.29 is 4.74 Å². The molecule has 0 amide bonds. The molecule has 0 aliphatic heterocycles. The van der Waals surface area contributed by atoms with E-state index in [-0.39, 0.29) is 5.56 Å². The fourth-order valence-electron chi connectivity index (χ4n) is 3.96. The van der Waals surface area contributed by atoms with Crippen molar-refractivity contribution >= 4 is 17.2 Å². The molecule has 0 radical (unpaired) electrons. The maximum atomic E-state index is 13.5. The highest BCUT2D eigenvalue weighted by molar-refractivity contribution is 6.32. The van der Waals surface area contributed by atoms with Crippen LogP contribution in [0.5, 0.6) is 5.75 Å². The zero-order valence-electron chi connectivity index (χ0n) is 19.1. The predicted octanol–water partition coefficient (Wildman–Crippen LogP) is 5.70. The van der Waals surface area contributed by atoms with Crippen LogP contribution in [0.1, 0.15) is 22.5 Å². The zero-order chi connectivity index (χ0) is 23.8. The average Bonchev–Trinajstić information content (AvgIpc) is 3.20. The number of fused-ring (bicyclic) bond motifs is 1. The van der Waals surface area contributed by atoms with E-state index in [0.717, 1.165) is 16.9 Å². The minimum absolute atomic E-state index is 0.202. The SMILES string of the molecule is Cc1ccc(COc2cccn3c(=O)c(-c4cc(C)n(-c5ccccc5Cl)n4)c(C)nc23)cc1. The summed E-state index contributed by atoms with van der Waals surface area (Å²) in [5.41, 5.74) is 5.71. The maximum Gasteiger partial charge on any atom is 0.267 e. The number of aryl methyl sites for hydroxylation is 3. The molecule has 0 saturated carbocycles. The Bertz CT molecular complexity index is 1570. The lowest BCUT2D eigenvalue weighted by molar-refractivity contribution is 0.308. The number of benzene rings is 2. The van der Waals surface area contributed by atoms with Gasteiger partial charge in [0.25, 0.3) is 5.56 Å². The summed E-state index contributed by atoms with van der Waals surface area (Å²) in [6, 6.07) is 21.1.